The van der Waals surface area contributed by atoms with Crippen molar-refractivity contribution in [2.24, 2.45) is 17.6 Å². The predicted molar refractivity (Wildman–Crippen MR) is 95.3 cm³/mol. The van der Waals surface area contributed by atoms with Crippen molar-refractivity contribution in [3.8, 4) is 0 Å². The van der Waals surface area contributed by atoms with Crippen LogP contribution in [0.2, 0.25) is 0 Å². The minimum absolute atomic E-state index is 0.0363. The van der Waals surface area contributed by atoms with Gasteiger partial charge < -0.3 is 15.7 Å². The lowest BCUT2D eigenvalue weighted by molar-refractivity contribution is -0.160. The average molecular weight is 330 g/mol. The highest BCUT2D eigenvalue weighted by molar-refractivity contribution is 5.87. The van der Waals surface area contributed by atoms with E-state index >= 15 is 0 Å². The Balaban J connectivity index is 1.80. The third-order valence-electron chi connectivity index (χ3n) is 5.96. The van der Waals surface area contributed by atoms with Crippen LogP contribution in [0.5, 0.6) is 0 Å². The summed E-state index contributed by atoms with van der Waals surface area (Å²) in [7, 11) is 0. The fraction of sp³-hybridized carbons (Fsp3) is 0.650. The zero-order valence-corrected chi connectivity index (χ0v) is 14.5. The second kappa shape index (κ2) is 7.66. The first kappa shape index (κ1) is 17.4. The molecule has 132 valence electrons. The monoisotopic (exact) mass is 330 g/mol. The SMILES string of the molecule is NCCC1CCN(C(=O)C(O)(c2ccccc2)C2CCCC2)CC1. The molecule has 0 bridgehead atoms. The van der Waals surface area contributed by atoms with Gasteiger partial charge in [-0.25, -0.2) is 0 Å². The van der Waals surface area contributed by atoms with Gasteiger partial charge in [0.05, 0.1) is 0 Å². The van der Waals surface area contributed by atoms with Crippen molar-refractivity contribution in [3.05, 3.63) is 35.9 Å². The molecule has 1 aromatic carbocycles. The maximum absolute atomic E-state index is 13.3. The number of piperidine rings is 1. The van der Waals surface area contributed by atoms with Gasteiger partial charge in [0, 0.05) is 19.0 Å². The highest BCUT2D eigenvalue weighted by Crippen LogP contribution is 2.42. The fourth-order valence-electron chi connectivity index (χ4n) is 4.47. The fourth-order valence-corrected chi connectivity index (χ4v) is 4.47. The van der Waals surface area contributed by atoms with Crippen LogP contribution in [-0.4, -0.2) is 35.5 Å². The van der Waals surface area contributed by atoms with Crippen molar-refractivity contribution in [2.75, 3.05) is 19.6 Å². The molecule has 1 aromatic rings. The molecule has 1 atom stereocenters. The molecule has 2 aliphatic rings. The Morgan fingerprint density at radius 2 is 1.75 bits per heavy atom. The van der Waals surface area contributed by atoms with Crippen molar-refractivity contribution in [2.45, 2.75) is 50.5 Å². The highest BCUT2D eigenvalue weighted by Gasteiger charge is 2.48. The Bertz CT molecular complexity index is 534. The van der Waals surface area contributed by atoms with E-state index in [1.807, 2.05) is 35.2 Å². The summed E-state index contributed by atoms with van der Waals surface area (Å²) in [6, 6.07) is 9.56. The minimum atomic E-state index is -1.36. The van der Waals surface area contributed by atoms with Crippen LogP contribution in [0.1, 0.15) is 50.5 Å². The maximum Gasteiger partial charge on any atom is 0.259 e. The van der Waals surface area contributed by atoms with E-state index in [9.17, 15) is 9.90 Å². The molecule has 0 aromatic heterocycles. The molecule has 3 N–H and O–H groups in total. The molecule has 4 nitrogen and oxygen atoms in total. The summed E-state index contributed by atoms with van der Waals surface area (Å²) in [6.45, 7) is 2.20. The number of hydrogen-bond acceptors (Lipinski definition) is 3. The second-order valence-corrected chi connectivity index (χ2v) is 7.43. The zero-order valence-electron chi connectivity index (χ0n) is 14.5. The van der Waals surface area contributed by atoms with Crippen LogP contribution in [0.3, 0.4) is 0 Å². The van der Waals surface area contributed by atoms with E-state index in [2.05, 4.69) is 0 Å². The number of rotatable bonds is 5. The van der Waals surface area contributed by atoms with E-state index in [-0.39, 0.29) is 11.8 Å². The molecular weight excluding hydrogens is 300 g/mol. The first-order valence-corrected chi connectivity index (χ1v) is 9.43. The number of hydrogen-bond donors (Lipinski definition) is 2. The Morgan fingerprint density at radius 1 is 1.12 bits per heavy atom. The van der Waals surface area contributed by atoms with E-state index in [0.717, 1.165) is 63.6 Å². The summed E-state index contributed by atoms with van der Waals surface area (Å²) in [5, 5.41) is 11.6. The van der Waals surface area contributed by atoms with Crippen molar-refractivity contribution in [3.63, 3.8) is 0 Å². The number of carbonyl (C=O) groups is 1. The number of benzene rings is 1. The van der Waals surface area contributed by atoms with E-state index < -0.39 is 5.60 Å². The predicted octanol–water partition coefficient (Wildman–Crippen LogP) is 2.65. The van der Waals surface area contributed by atoms with Crippen LogP contribution in [0.25, 0.3) is 0 Å². The number of likely N-dealkylation sites (tertiary alicyclic amines) is 1. The molecule has 1 saturated heterocycles. The molecule has 1 aliphatic heterocycles. The number of aliphatic hydroxyl groups is 1. The van der Waals surface area contributed by atoms with Gasteiger partial charge in [-0.3, -0.25) is 4.79 Å². The van der Waals surface area contributed by atoms with Gasteiger partial charge in [0.2, 0.25) is 0 Å². The van der Waals surface area contributed by atoms with Gasteiger partial charge in [0.15, 0.2) is 5.60 Å². The molecule has 1 saturated carbocycles. The van der Waals surface area contributed by atoms with E-state index in [1.165, 1.54) is 0 Å². The molecule has 1 amide bonds. The van der Waals surface area contributed by atoms with Gasteiger partial charge in [-0.1, -0.05) is 43.2 Å². The van der Waals surface area contributed by atoms with Crippen molar-refractivity contribution < 1.29 is 9.90 Å². The largest absolute Gasteiger partial charge is 0.375 e. The van der Waals surface area contributed by atoms with Gasteiger partial charge in [-0.15, -0.1) is 0 Å². The smallest absolute Gasteiger partial charge is 0.259 e. The van der Waals surface area contributed by atoms with Crippen molar-refractivity contribution in [1.29, 1.82) is 0 Å². The number of carbonyl (C=O) groups excluding carboxylic acids is 1. The first-order valence-electron chi connectivity index (χ1n) is 9.43. The molecule has 24 heavy (non-hydrogen) atoms. The molecule has 0 spiro atoms. The summed E-state index contributed by atoms with van der Waals surface area (Å²) < 4.78 is 0. The topological polar surface area (TPSA) is 66.6 Å². The number of nitrogens with two attached hydrogens (primary N) is 1. The highest BCUT2D eigenvalue weighted by atomic mass is 16.3. The van der Waals surface area contributed by atoms with Crippen molar-refractivity contribution in [1.82, 2.24) is 4.90 Å². The van der Waals surface area contributed by atoms with Gasteiger partial charge in [0.1, 0.15) is 0 Å². The lowest BCUT2D eigenvalue weighted by Gasteiger charge is -2.40. The normalized spacial score (nSPS) is 22.5. The summed E-state index contributed by atoms with van der Waals surface area (Å²) in [5.41, 5.74) is 5.05. The summed E-state index contributed by atoms with van der Waals surface area (Å²) in [6.07, 6.45) is 7.10. The molecular formula is C20H30N2O2. The quantitative estimate of drug-likeness (QED) is 0.872. The van der Waals surface area contributed by atoms with Crippen LogP contribution in [0.4, 0.5) is 0 Å². The Morgan fingerprint density at radius 3 is 2.33 bits per heavy atom. The van der Waals surface area contributed by atoms with Gasteiger partial charge >= 0.3 is 0 Å². The lowest BCUT2D eigenvalue weighted by atomic mass is 9.78. The Labute approximate surface area is 145 Å². The van der Waals surface area contributed by atoms with Crippen LogP contribution >= 0.6 is 0 Å². The molecule has 3 rings (SSSR count). The second-order valence-electron chi connectivity index (χ2n) is 7.43. The summed E-state index contributed by atoms with van der Waals surface area (Å²) in [4.78, 5) is 15.2. The van der Waals surface area contributed by atoms with Gasteiger partial charge in [0.25, 0.3) is 5.91 Å². The van der Waals surface area contributed by atoms with E-state index in [0.29, 0.717) is 12.5 Å². The molecule has 0 radical (unpaired) electrons. The summed E-state index contributed by atoms with van der Waals surface area (Å²) in [5.74, 6) is 0.566. The van der Waals surface area contributed by atoms with Crippen LogP contribution in [0, 0.1) is 11.8 Å². The van der Waals surface area contributed by atoms with Crippen LogP contribution < -0.4 is 5.73 Å². The molecule has 1 unspecified atom stereocenters. The number of amides is 1. The van der Waals surface area contributed by atoms with Crippen LogP contribution in [-0.2, 0) is 10.4 Å². The summed E-state index contributed by atoms with van der Waals surface area (Å²) >= 11 is 0. The van der Waals surface area contributed by atoms with Crippen molar-refractivity contribution >= 4 is 5.91 Å². The molecule has 4 heteroatoms. The Hall–Kier alpha value is -1.39. The third kappa shape index (κ3) is 3.35. The molecule has 1 aliphatic carbocycles. The van der Waals surface area contributed by atoms with Gasteiger partial charge in [-0.2, -0.15) is 0 Å². The lowest BCUT2D eigenvalue weighted by Crippen LogP contribution is -2.53. The standard InChI is InChI=1S/C20H30N2O2/c21-13-10-16-11-14-22(15-12-16)19(23)20(24,18-8-4-5-9-18)17-6-2-1-3-7-17/h1-3,6-7,16,18,24H,4-5,8-15,21H2. The average Bonchev–Trinajstić information content (AvgIpc) is 3.17. The van der Waals surface area contributed by atoms with E-state index in [4.69, 9.17) is 5.73 Å². The molecule has 2 fully saturated rings. The van der Waals surface area contributed by atoms with Crippen LogP contribution in [0.15, 0.2) is 30.3 Å². The third-order valence-corrected chi connectivity index (χ3v) is 5.96. The first-order chi connectivity index (χ1) is 11.7. The molecule has 1 heterocycles. The van der Waals surface area contributed by atoms with E-state index in [1.54, 1.807) is 0 Å². The maximum atomic E-state index is 13.3. The number of nitrogens with zero attached hydrogens (tertiary/aromatic N) is 1. The zero-order chi connectivity index (χ0) is 17.0. The van der Waals surface area contributed by atoms with Gasteiger partial charge in [-0.05, 0) is 50.1 Å². The Kier molecular flexibility index (Phi) is 5.57. The minimum Gasteiger partial charge on any atom is -0.375 e.